The highest BCUT2D eigenvalue weighted by atomic mass is 16.5. The average Bonchev–Trinajstić information content (AvgIpc) is 2.86. The van der Waals surface area contributed by atoms with Gasteiger partial charge in [0.15, 0.2) is 0 Å². The van der Waals surface area contributed by atoms with Crippen LogP contribution in [0.25, 0.3) is 0 Å². The molecule has 110 valence electrons. The van der Waals surface area contributed by atoms with E-state index < -0.39 is 0 Å². The van der Waals surface area contributed by atoms with Crippen molar-refractivity contribution in [3.05, 3.63) is 29.8 Å². The molecule has 20 heavy (non-hydrogen) atoms. The maximum atomic E-state index is 12.3. The average molecular weight is 276 g/mol. The second-order valence-corrected chi connectivity index (χ2v) is 5.62. The van der Waals surface area contributed by atoms with Gasteiger partial charge in [-0.25, -0.2) is 0 Å². The summed E-state index contributed by atoms with van der Waals surface area (Å²) >= 11 is 0. The number of benzene rings is 1. The molecule has 0 saturated carbocycles. The molecule has 0 aromatic heterocycles. The largest absolute Gasteiger partial charge is 0.491 e. The van der Waals surface area contributed by atoms with E-state index in [2.05, 4.69) is 12.2 Å². The Labute approximate surface area is 121 Å². The van der Waals surface area contributed by atoms with Gasteiger partial charge in [-0.1, -0.05) is 25.1 Å². The van der Waals surface area contributed by atoms with Gasteiger partial charge in [0.05, 0.1) is 12.5 Å². The van der Waals surface area contributed by atoms with Crippen LogP contribution in [0.3, 0.4) is 0 Å². The fraction of sp³-hybridized carbons (Fsp3) is 0.562. The fourth-order valence-electron chi connectivity index (χ4n) is 2.54. The summed E-state index contributed by atoms with van der Waals surface area (Å²) in [6.07, 6.45) is 0. The number of amides is 1. The van der Waals surface area contributed by atoms with Crippen LogP contribution in [0.5, 0.6) is 5.75 Å². The van der Waals surface area contributed by atoms with Crippen molar-refractivity contribution in [1.82, 2.24) is 10.2 Å². The van der Waals surface area contributed by atoms with Crippen molar-refractivity contribution in [2.45, 2.75) is 13.8 Å². The van der Waals surface area contributed by atoms with Gasteiger partial charge >= 0.3 is 0 Å². The Morgan fingerprint density at radius 2 is 2.15 bits per heavy atom. The van der Waals surface area contributed by atoms with Gasteiger partial charge in [0.2, 0.25) is 5.91 Å². The van der Waals surface area contributed by atoms with E-state index in [1.807, 2.05) is 38.2 Å². The molecule has 2 rings (SSSR count). The molecule has 0 radical (unpaired) electrons. The quantitative estimate of drug-likeness (QED) is 0.890. The first-order valence-corrected chi connectivity index (χ1v) is 7.23. The van der Waals surface area contributed by atoms with Crippen LogP contribution >= 0.6 is 0 Å². The molecule has 0 spiro atoms. The predicted molar refractivity (Wildman–Crippen MR) is 79.8 cm³/mol. The minimum absolute atomic E-state index is 0.110. The number of ether oxygens (including phenoxy) is 1. The molecule has 2 unspecified atom stereocenters. The molecule has 4 nitrogen and oxygen atoms in total. The predicted octanol–water partition coefficient (Wildman–Crippen LogP) is 1.69. The summed E-state index contributed by atoms with van der Waals surface area (Å²) in [5, 5.41) is 3.27. The van der Waals surface area contributed by atoms with Crippen molar-refractivity contribution in [2.75, 3.05) is 33.3 Å². The van der Waals surface area contributed by atoms with Crippen LogP contribution in [-0.2, 0) is 4.79 Å². The number of rotatable bonds is 5. The van der Waals surface area contributed by atoms with Gasteiger partial charge in [-0.05, 0) is 31.0 Å². The minimum Gasteiger partial charge on any atom is -0.491 e. The zero-order valence-electron chi connectivity index (χ0n) is 12.6. The molecule has 1 N–H and O–H groups in total. The third kappa shape index (κ3) is 3.51. The Morgan fingerprint density at radius 3 is 2.80 bits per heavy atom. The number of nitrogens with zero attached hydrogens (tertiary/aromatic N) is 1. The number of likely N-dealkylation sites (N-methyl/N-ethyl adjacent to an activating group) is 1. The van der Waals surface area contributed by atoms with Gasteiger partial charge in [0.1, 0.15) is 12.4 Å². The maximum absolute atomic E-state index is 12.3. The molecule has 1 aromatic carbocycles. The zero-order valence-corrected chi connectivity index (χ0v) is 12.6. The molecule has 1 aromatic rings. The first-order valence-electron chi connectivity index (χ1n) is 7.23. The Morgan fingerprint density at radius 1 is 1.40 bits per heavy atom. The van der Waals surface area contributed by atoms with E-state index in [0.29, 0.717) is 19.1 Å². The van der Waals surface area contributed by atoms with Crippen molar-refractivity contribution in [3.63, 3.8) is 0 Å². The number of hydrogen-bond donors (Lipinski definition) is 1. The molecule has 1 aliphatic rings. The van der Waals surface area contributed by atoms with E-state index in [0.717, 1.165) is 24.4 Å². The van der Waals surface area contributed by atoms with Crippen molar-refractivity contribution < 1.29 is 9.53 Å². The standard InChI is InChI=1S/C16H24N2O2/c1-12-6-4-5-7-15(12)20-9-8-18(3)16(19)14-11-17-10-13(14)2/h4-7,13-14,17H,8-11H2,1-3H3. The normalized spacial score (nSPS) is 21.8. The number of carbonyl (C=O) groups is 1. The van der Waals surface area contributed by atoms with E-state index in [4.69, 9.17) is 4.74 Å². The molecule has 4 heteroatoms. The third-order valence-corrected chi connectivity index (χ3v) is 3.99. The molecule has 1 heterocycles. The van der Waals surface area contributed by atoms with Gasteiger partial charge in [-0.3, -0.25) is 4.79 Å². The summed E-state index contributed by atoms with van der Waals surface area (Å²) < 4.78 is 5.74. The summed E-state index contributed by atoms with van der Waals surface area (Å²) in [5.74, 6) is 1.64. The first kappa shape index (κ1) is 14.9. The van der Waals surface area contributed by atoms with Gasteiger partial charge in [0, 0.05) is 13.6 Å². The molecular formula is C16H24N2O2. The Hall–Kier alpha value is -1.55. The molecule has 0 bridgehead atoms. The lowest BCUT2D eigenvalue weighted by Gasteiger charge is -2.23. The number of aryl methyl sites for hydroxylation is 1. The van der Waals surface area contributed by atoms with Gasteiger partial charge in [-0.2, -0.15) is 0 Å². The molecule has 2 atom stereocenters. The minimum atomic E-state index is 0.110. The van der Waals surface area contributed by atoms with Crippen LogP contribution < -0.4 is 10.1 Å². The third-order valence-electron chi connectivity index (χ3n) is 3.99. The summed E-state index contributed by atoms with van der Waals surface area (Å²) in [6.45, 7) is 7.03. The molecule has 1 fully saturated rings. The second-order valence-electron chi connectivity index (χ2n) is 5.62. The SMILES string of the molecule is Cc1ccccc1OCCN(C)C(=O)C1CNCC1C. The van der Waals surface area contributed by atoms with E-state index in [1.54, 1.807) is 4.90 Å². The number of nitrogens with one attached hydrogen (secondary N) is 1. The monoisotopic (exact) mass is 276 g/mol. The zero-order chi connectivity index (χ0) is 14.5. The highest BCUT2D eigenvalue weighted by Gasteiger charge is 2.31. The summed E-state index contributed by atoms with van der Waals surface area (Å²) in [7, 11) is 1.86. The number of para-hydroxylation sites is 1. The number of hydrogen-bond acceptors (Lipinski definition) is 3. The van der Waals surface area contributed by atoms with Crippen LogP contribution in [0.15, 0.2) is 24.3 Å². The van der Waals surface area contributed by atoms with E-state index >= 15 is 0 Å². The van der Waals surface area contributed by atoms with Gasteiger partial charge < -0.3 is 15.0 Å². The first-order chi connectivity index (χ1) is 9.59. The van der Waals surface area contributed by atoms with Crippen molar-refractivity contribution in [1.29, 1.82) is 0 Å². The molecule has 0 aliphatic carbocycles. The van der Waals surface area contributed by atoms with Gasteiger partial charge in [0.25, 0.3) is 0 Å². The van der Waals surface area contributed by atoms with Gasteiger partial charge in [-0.15, -0.1) is 0 Å². The lowest BCUT2D eigenvalue weighted by atomic mass is 9.97. The lowest BCUT2D eigenvalue weighted by molar-refractivity contribution is -0.134. The molecule has 1 aliphatic heterocycles. The van der Waals surface area contributed by atoms with Crippen LogP contribution in [-0.4, -0.2) is 44.1 Å². The van der Waals surface area contributed by atoms with E-state index in [-0.39, 0.29) is 11.8 Å². The Balaban J connectivity index is 1.79. The smallest absolute Gasteiger partial charge is 0.227 e. The van der Waals surface area contributed by atoms with E-state index in [9.17, 15) is 4.79 Å². The molecular weight excluding hydrogens is 252 g/mol. The summed E-state index contributed by atoms with van der Waals surface area (Å²) in [6, 6.07) is 7.94. The van der Waals surface area contributed by atoms with E-state index in [1.165, 1.54) is 0 Å². The lowest BCUT2D eigenvalue weighted by Crippen LogP contribution is -2.38. The number of carbonyl (C=O) groups excluding carboxylic acids is 1. The Kier molecular flexibility index (Phi) is 5.01. The van der Waals surface area contributed by atoms with Crippen LogP contribution in [0.1, 0.15) is 12.5 Å². The maximum Gasteiger partial charge on any atom is 0.227 e. The summed E-state index contributed by atoms with van der Waals surface area (Å²) in [4.78, 5) is 14.1. The molecule has 1 saturated heterocycles. The topological polar surface area (TPSA) is 41.6 Å². The van der Waals surface area contributed by atoms with Crippen LogP contribution in [0.4, 0.5) is 0 Å². The second kappa shape index (κ2) is 6.75. The van der Waals surface area contributed by atoms with Crippen LogP contribution in [0, 0.1) is 18.8 Å². The molecule has 1 amide bonds. The highest BCUT2D eigenvalue weighted by Crippen LogP contribution is 2.18. The van der Waals surface area contributed by atoms with Crippen molar-refractivity contribution in [3.8, 4) is 5.75 Å². The highest BCUT2D eigenvalue weighted by molar-refractivity contribution is 5.79. The van der Waals surface area contributed by atoms with Crippen molar-refractivity contribution >= 4 is 5.91 Å². The van der Waals surface area contributed by atoms with Crippen molar-refractivity contribution in [2.24, 2.45) is 11.8 Å². The summed E-state index contributed by atoms with van der Waals surface area (Å²) in [5.41, 5.74) is 1.12. The fourth-order valence-corrected chi connectivity index (χ4v) is 2.54. The van der Waals surface area contributed by atoms with Crippen LogP contribution in [0.2, 0.25) is 0 Å². The Bertz CT molecular complexity index is 462.